The average Bonchev–Trinajstić information content (AvgIpc) is 2.30. The maximum atomic E-state index is 11.1. The summed E-state index contributed by atoms with van der Waals surface area (Å²) >= 11 is 0. The van der Waals surface area contributed by atoms with E-state index in [9.17, 15) is 15.0 Å². The Hall–Kier alpha value is -1.55. The predicted octanol–water partition coefficient (Wildman–Crippen LogP) is 2.11. The van der Waals surface area contributed by atoms with Crippen molar-refractivity contribution in [3.05, 3.63) is 29.3 Å². The number of carboxylic acids is 1. The molecule has 0 unspecified atom stereocenters. The molecule has 0 amide bonds. The van der Waals surface area contributed by atoms with Crippen LogP contribution in [0.25, 0.3) is 0 Å². The molecule has 1 aromatic carbocycles. The fourth-order valence-corrected chi connectivity index (χ4v) is 2.47. The first-order chi connectivity index (χ1) is 8.08. The summed E-state index contributed by atoms with van der Waals surface area (Å²) in [5.74, 6) is -0.867. The minimum atomic E-state index is -1.01. The molecule has 4 nitrogen and oxygen atoms in total. The zero-order chi connectivity index (χ0) is 12.4. The van der Waals surface area contributed by atoms with Crippen LogP contribution in [0, 0.1) is 0 Å². The molecule has 1 saturated carbocycles. The number of phenols is 1. The number of aromatic hydroxyl groups is 1. The molecule has 0 saturated heterocycles. The Morgan fingerprint density at radius 2 is 1.82 bits per heavy atom. The molecule has 0 heterocycles. The van der Waals surface area contributed by atoms with E-state index in [1.807, 2.05) is 0 Å². The molecule has 92 valence electrons. The molecule has 1 aromatic rings. The fraction of sp³-hybridized carbons (Fsp3) is 0.462. The summed E-state index contributed by atoms with van der Waals surface area (Å²) in [6.45, 7) is 0. The average molecular weight is 236 g/mol. The number of phenolic OH excluding ortho intramolecular Hbond substituents is 1. The molecule has 0 spiro atoms. The Balaban J connectivity index is 2.28. The van der Waals surface area contributed by atoms with Gasteiger partial charge < -0.3 is 15.3 Å². The number of rotatable bonds is 2. The fourth-order valence-electron chi connectivity index (χ4n) is 2.47. The van der Waals surface area contributed by atoms with Crippen LogP contribution < -0.4 is 0 Å². The van der Waals surface area contributed by atoms with Gasteiger partial charge in [-0.25, -0.2) is 4.79 Å². The van der Waals surface area contributed by atoms with Crippen LogP contribution in [-0.2, 0) is 0 Å². The first-order valence-electron chi connectivity index (χ1n) is 5.82. The Kier molecular flexibility index (Phi) is 3.33. The van der Waals surface area contributed by atoms with Crippen LogP contribution in [0.5, 0.6) is 5.75 Å². The van der Waals surface area contributed by atoms with Gasteiger partial charge in [0.05, 0.1) is 11.7 Å². The van der Waals surface area contributed by atoms with Crippen molar-refractivity contribution in [2.24, 2.45) is 0 Å². The molecular formula is C13H16O4. The number of benzene rings is 1. The van der Waals surface area contributed by atoms with Gasteiger partial charge in [0.1, 0.15) is 5.75 Å². The van der Waals surface area contributed by atoms with Crippen molar-refractivity contribution >= 4 is 5.97 Å². The maximum absolute atomic E-state index is 11.1. The highest BCUT2D eigenvalue weighted by Gasteiger charge is 2.24. The van der Waals surface area contributed by atoms with Gasteiger partial charge in [0.15, 0.2) is 0 Å². The highest BCUT2D eigenvalue weighted by molar-refractivity contribution is 5.90. The lowest BCUT2D eigenvalue weighted by Crippen LogP contribution is -2.18. The van der Waals surface area contributed by atoms with Gasteiger partial charge >= 0.3 is 5.97 Å². The molecule has 1 fully saturated rings. The van der Waals surface area contributed by atoms with E-state index >= 15 is 0 Å². The Bertz CT molecular complexity index is 419. The quantitative estimate of drug-likeness (QED) is 0.735. The maximum Gasteiger partial charge on any atom is 0.336 e. The number of carboxylic acid groups (broad SMARTS) is 1. The number of carbonyl (C=O) groups is 1. The van der Waals surface area contributed by atoms with Gasteiger partial charge in [0, 0.05) is 0 Å². The van der Waals surface area contributed by atoms with Crippen LogP contribution in [0.1, 0.15) is 47.5 Å². The Morgan fingerprint density at radius 1 is 1.18 bits per heavy atom. The monoisotopic (exact) mass is 236 g/mol. The SMILES string of the molecule is O=C(O)c1cc(O)ccc1C1CCC(O)CC1. The minimum absolute atomic E-state index is 0.0259. The van der Waals surface area contributed by atoms with E-state index in [1.54, 1.807) is 6.07 Å². The van der Waals surface area contributed by atoms with Crippen molar-refractivity contribution < 1.29 is 20.1 Å². The molecule has 3 N–H and O–H groups in total. The third-order valence-corrected chi connectivity index (χ3v) is 3.40. The normalized spacial score (nSPS) is 24.5. The molecule has 0 radical (unpaired) electrons. The van der Waals surface area contributed by atoms with Gasteiger partial charge in [0.25, 0.3) is 0 Å². The van der Waals surface area contributed by atoms with Gasteiger partial charge in [-0.15, -0.1) is 0 Å². The molecule has 0 aromatic heterocycles. The highest BCUT2D eigenvalue weighted by Crippen LogP contribution is 2.35. The van der Waals surface area contributed by atoms with Gasteiger partial charge in [-0.3, -0.25) is 0 Å². The van der Waals surface area contributed by atoms with E-state index in [0.717, 1.165) is 18.4 Å². The molecule has 1 aliphatic rings. The van der Waals surface area contributed by atoms with Crippen molar-refractivity contribution in [2.45, 2.75) is 37.7 Å². The smallest absolute Gasteiger partial charge is 0.336 e. The predicted molar refractivity (Wildman–Crippen MR) is 62.3 cm³/mol. The van der Waals surface area contributed by atoms with E-state index in [1.165, 1.54) is 12.1 Å². The van der Waals surface area contributed by atoms with E-state index in [4.69, 9.17) is 5.11 Å². The van der Waals surface area contributed by atoms with Crippen LogP contribution in [0.4, 0.5) is 0 Å². The van der Waals surface area contributed by atoms with Gasteiger partial charge in [-0.05, 0) is 49.3 Å². The molecule has 17 heavy (non-hydrogen) atoms. The van der Waals surface area contributed by atoms with Crippen molar-refractivity contribution in [3.8, 4) is 5.75 Å². The van der Waals surface area contributed by atoms with Crippen LogP contribution in [0.2, 0.25) is 0 Å². The summed E-state index contributed by atoms with van der Waals surface area (Å²) in [4.78, 5) is 11.1. The molecule has 2 rings (SSSR count). The third kappa shape index (κ3) is 2.58. The number of aliphatic hydroxyl groups is 1. The van der Waals surface area contributed by atoms with Crippen molar-refractivity contribution in [2.75, 3.05) is 0 Å². The third-order valence-electron chi connectivity index (χ3n) is 3.40. The number of aliphatic hydroxyl groups excluding tert-OH is 1. The lowest BCUT2D eigenvalue weighted by Gasteiger charge is -2.26. The standard InChI is InChI=1S/C13H16O4/c14-9-3-1-8(2-4-9)11-6-5-10(15)7-12(11)13(16)17/h5-9,14-15H,1-4H2,(H,16,17). The zero-order valence-electron chi connectivity index (χ0n) is 9.47. The van der Waals surface area contributed by atoms with Gasteiger partial charge in [-0.2, -0.15) is 0 Å². The van der Waals surface area contributed by atoms with Crippen LogP contribution in [0.3, 0.4) is 0 Å². The summed E-state index contributed by atoms with van der Waals surface area (Å²) in [6, 6.07) is 4.50. The molecule has 1 aliphatic carbocycles. The number of hydrogen-bond acceptors (Lipinski definition) is 3. The first-order valence-corrected chi connectivity index (χ1v) is 5.82. The summed E-state index contributed by atoms with van der Waals surface area (Å²) in [6.07, 6.45) is 2.77. The van der Waals surface area contributed by atoms with E-state index in [0.29, 0.717) is 12.8 Å². The molecule has 0 aliphatic heterocycles. The number of aromatic carboxylic acids is 1. The molecular weight excluding hydrogens is 220 g/mol. The topological polar surface area (TPSA) is 77.8 Å². The molecule has 0 atom stereocenters. The van der Waals surface area contributed by atoms with Crippen molar-refractivity contribution in [1.29, 1.82) is 0 Å². The van der Waals surface area contributed by atoms with Crippen molar-refractivity contribution in [1.82, 2.24) is 0 Å². The summed E-state index contributed by atoms with van der Waals surface area (Å²) in [7, 11) is 0. The van der Waals surface area contributed by atoms with Crippen molar-refractivity contribution in [3.63, 3.8) is 0 Å². The van der Waals surface area contributed by atoms with Gasteiger partial charge in [0.2, 0.25) is 0 Å². The second-order valence-electron chi connectivity index (χ2n) is 4.58. The Labute approximate surface area is 99.5 Å². The molecule has 4 heteroatoms. The van der Waals surface area contributed by atoms with Gasteiger partial charge in [-0.1, -0.05) is 6.07 Å². The second kappa shape index (κ2) is 4.75. The van der Waals surface area contributed by atoms with E-state index < -0.39 is 5.97 Å². The van der Waals surface area contributed by atoms with Crippen LogP contribution in [-0.4, -0.2) is 27.4 Å². The largest absolute Gasteiger partial charge is 0.508 e. The van der Waals surface area contributed by atoms with E-state index in [-0.39, 0.29) is 23.3 Å². The summed E-state index contributed by atoms with van der Waals surface area (Å²) < 4.78 is 0. The van der Waals surface area contributed by atoms with E-state index in [2.05, 4.69) is 0 Å². The lowest BCUT2D eigenvalue weighted by atomic mass is 9.81. The second-order valence-corrected chi connectivity index (χ2v) is 4.58. The Morgan fingerprint density at radius 3 is 2.41 bits per heavy atom. The summed E-state index contributed by atoms with van der Waals surface area (Å²) in [5, 5.41) is 27.9. The highest BCUT2D eigenvalue weighted by atomic mass is 16.4. The zero-order valence-corrected chi connectivity index (χ0v) is 9.47. The lowest BCUT2D eigenvalue weighted by molar-refractivity contribution is 0.0693. The summed E-state index contributed by atoms with van der Waals surface area (Å²) in [5.41, 5.74) is 0.939. The number of hydrogen-bond donors (Lipinski definition) is 3. The first kappa shape index (κ1) is 11.9. The minimum Gasteiger partial charge on any atom is -0.508 e. The van der Waals surface area contributed by atoms with Crippen LogP contribution in [0.15, 0.2) is 18.2 Å². The van der Waals surface area contributed by atoms with Crippen LogP contribution >= 0.6 is 0 Å². The molecule has 0 bridgehead atoms.